The van der Waals surface area contributed by atoms with Crippen LogP contribution in [0.5, 0.6) is 0 Å². The third kappa shape index (κ3) is 6.49. The fourth-order valence-corrected chi connectivity index (χ4v) is 2.75. The molecule has 0 aliphatic rings. The van der Waals surface area contributed by atoms with E-state index in [1.807, 2.05) is 0 Å². The van der Waals surface area contributed by atoms with E-state index in [2.05, 4.69) is 0 Å². The van der Waals surface area contributed by atoms with Crippen LogP contribution in [-0.4, -0.2) is 12.1 Å². The second kappa shape index (κ2) is 9.23. The summed E-state index contributed by atoms with van der Waals surface area (Å²) in [6.45, 7) is -0.413. The van der Waals surface area contributed by atoms with Gasteiger partial charge >= 0.3 is 18.5 Å². The molecular formula is C20H15F9N2O. The molecule has 1 atom stereocenters. The fraction of sp³-hybridized carbons (Fsp3) is 0.250. The molecule has 0 heterocycles. The maximum atomic E-state index is 13.4. The molecule has 1 unspecified atom stereocenters. The van der Waals surface area contributed by atoms with E-state index in [9.17, 15) is 44.3 Å². The molecule has 12 heteroatoms. The summed E-state index contributed by atoms with van der Waals surface area (Å²) in [6.07, 6.45) is -13.4. The number of halogens is 9. The summed E-state index contributed by atoms with van der Waals surface area (Å²) in [5, 5.41) is 1.53. The van der Waals surface area contributed by atoms with Gasteiger partial charge in [-0.1, -0.05) is 24.3 Å². The summed E-state index contributed by atoms with van der Waals surface area (Å²) in [7, 11) is 0. The zero-order chi connectivity index (χ0) is 24.3. The highest BCUT2D eigenvalue weighted by atomic mass is 19.4. The number of hydrogen-bond acceptors (Lipinski definition) is 2. The number of nitrogens with one attached hydrogen (secondary N) is 1. The van der Waals surface area contributed by atoms with Gasteiger partial charge in [-0.25, -0.2) is 0 Å². The molecule has 0 aliphatic carbocycles. The minimum atomic E-state index is -5.14. The molecule has 0 radical (unpaired) electrons. The first-order valence-electron chi connectivity index (χ1n) is 8.75. The Kier molecular flexibility index (Phi) is 7.28. The minimum absolute atomic E-state index is 0.146. The molecule has 2 rings (SSSR count). The Balaban J connectivity index is 2.28. The smallest absolute Gasteiger partial charge is 0.337 e. The first kappa shape index (κ1) is 25.2. The Morgan fingerprint density at radius 2 is 1.59 bits per heavy atom. The first-order chi connectivity index (χ1) is 14.6. The first-order valence-corrected chi connectivity index (χ1v) is 8.75. The predicted octanol–water partition coefficient (Wildman–Crippen LogP) is 5.62. The normalized spacial score (nSPS) is 13.9. The van der Waals surface area contributed by atoms with Crippen molar-refractivity contribution in [1.29, 1.82) is 0 Å². The Morgan fingerprint density at radius 3 is 2.12 bits per heavy atom. The van der Waals surface area contributed by atoms with Crippen LogP contribution in [-0.2, 0) is 23.7 Å². The quantitative estimate of drug-likeness (QED) is 0.441. The number of alkyl halides is 9. The van der Waals surface area contributed by atoms with Crippen molar-refractivity contribution in [2.24, 2.45) is 5.73 Å². The topological polar surface area (TPSA) is 55.1 Å². The standard InChI is InChI=1S/C20H15F9N2O/c21-18(22,23)14-3-1-2-12(9-14)17(20(27,28)29)31-16(32)7-5-11-4-6-13(10-30)15(8-11)19(24,25)26/h1-9,17H,10,30H2,(H,31,32). The second-order valence-electron chi connectivity index (χ2n) is 6.56. The van der Waals surface area contributed by atoms with Crippen molar-refractivity contribution < 1.29 is 44.3 Å². The maximum absolute atomic E-state index is 13.4. The van der Waals surface area contributed by atoms with Crippen molar-refractivity contribution in [3.63, 3.8) is 0 Å². The number of amides is 1. The van der Waals surface area contributed by atoms with Crippen molar-refractivity contribution >= 4 is 12.0 Å². The number of hydrogen-bond donors (Lipinski definition) is 2. The molecule has 0 spiro atoms. The summed E-state index contributed by atoms with van der Waals surface area (Å²) in [5.74, 6) is -1.37. The lowest BCUT2D eigenvalue weighted by atomic mass is 10.0. The van der Waals surface area contributed by atoms with Gasteiger partial charge in [-0.2, -0.15) is 39.5 Å². The van der Waals surface area contributed by atoms with Gasteiger partial charge in [-0.15, -0.1) is 0 Å². The molecule has 2 aromatic carbocycles. The molecule has 0 bridgehead atoms. The number of rotatable bonds is 5. The van der Waals surface area contributed by atoms with Gasteiger partial charge in [0.1, 0.15) is 0 Å². The van der Waals surface area contributed by atoms with Crippen LogP contribution < -0.4 is 11.1 Å². The maximum Gasteiger partial charge on any atom is 0.416 e. The Bertz CT molecular complexity index is 992. The monoisotopic (exact) mass is 470 g/mol. The molecule has 32 heavy (non-hydrogen) atoms. The molecule has 2 aromatic rings. The summed E-state index contributed by atoms with van der Waals surface area (Å²) in [4.78, 5) is 12.0. The number of nitrogens with two attached hydrogens (primary N) is 1. The number of carbonyl (C=O) groups excluding carboxylic acids is 1. The lowest BCUT2D eigenvalue weighted by Crippen LogP contribution is -2.37. The molecule has 1 amide bonds. The molecule has 174 valence electrons. The van der Waals surface area contributed by atoms with Gasteiger partial charge in [0.15, 0.2) is 6.04 Å². The average Bonchev–Trinajstić information content (AvgIpc) is 2.68. The van der Waals surface area contributed by atoms with Crippen LogP contribution in [0.1, 0.15) is 33.9 Å². The predicted molar refractivity (Wildman–Crippen MR) is 96.8 cm³/mol. The van der Waals surface area contributed by atoms with Crippen molar-refractivity contribution in [1.82, 2.24) is 5.32 Å². The Hall–Kier alpha value is -3.02. The third-order valence-electron chi connectivity index (χ3n) is 4.25. The average molecular weight is 470 g/mol. The van der Waals surface area contributed by atoms with Crippen LogP contribution in [0, 0.1) is 0 Å². The van der Waals surface area contributed by atoms with Crippen LogP contribution >= 0.6 is 0 Å². The van der Waals surface area contributed by atoms with E-state index in [0.29, 0.717) is 18.2 Å². The lowest BCUT2D eigenvalue weighted by Gasteiger charge is -2.22. The van der Waals surface area contributed by atoms with E-state index in [0.717, 1.165) is 24.3 Å². The zero-order valence-corrected chi connectivity index (χ0v) is 15.9. The van der Waals surface area contributed by atoms with Crippen LogP contribution in [0.4, 0.5) is 39.5 Å². The van der Waals surface area contributed by atoms with Crippen LogP contribution in [0.25, 0.3) is 6.08 Å². The number of carbonyl (C=O) groups is 1. The molecule has 3 nitrogen and oxygen atoms in total. The van der Waals surface area contributed by atoms with Crippen molar-refractivity contribution in [3.05, 3.63) is 76.4 Å². The van der Waals surface area contributed by atoms with Crippen molar-refractivity contribution in [2.45, 2.75) is 31.1 Å². The summed E-state index contributed by atoms with van der Waals surface area (Å²) in [5.41, 5.74) is 1.61. The summed E-state index contributed by atoms with van der Waals surface area (Å²) < 4.78 is 118. The van der Waals surface area contributed by atoms with Crippen molar-refractivity contribution in [3.8, 4) is 0 Å². The van der Waals surface area contributed by atoms with E-state index >= 15 is 0 Å². The highest BCUT2D eigenvalue weighted by molar-refractivity contribution is 5.92. The molecule has 0 fully saturated rings. The van der Waals surface area contributed by atoms with Gasteiger partial charge in [-0.05, 0) is 41.0 Å². The van der Waals surface area contributed by atoms with Gasteiger partial charge in [0.25, 0.3) is 0 Å². The highest BCUT2D eigenvalue weighted by Crippen LogP contribution is 2.36. The van der Waals surface area contributed by atoms with Crippen LogP contribution in [0.15, 0.2) is 48.5 Å². The SMILES string of the molecule is NCc1ccc(C=CC(=O)NC(c2cccc(C(F)(F)F)c2)C(F)(F)F)cc1C(F)(F)F. The largest absolute Gasteiger partial charge is 0.416 e. The van der Waals surface area contributed by atoms with Gasteiger partial charge in [-0.3, -0.25) is 4.79 Å². The fourth-order valence-electron chi connectivity index (χ4n) is 2.75. The van der Waals surface area contributed by atoms with Gasteiger partial charge in [0, 0.05) is 12.6 Å². The highest BCUT2D eigenvalue weighted by Gasteiger charge is 2.42. The Labute approximate surface area is 175 Å². The molecule has 0 saturated heterocycles. The summed E-state index contributed by atoms with van der Waals surface area (Å²) in [6, 6.07) is 2.48. The van der Waals surface area contributed by atoms with Gasteiger partial charge in [0.05, 0.1) is 11.1 Å². The molecular weight excluding hydrogens is 455 g/mol. The lowest BCUT2D eigenvalue weighted by molar-refractivity contribution is -0.162. The second-order valence-corrected chi connectivity index (χ2v) is 6.56. The van der Waals surface area contributed by atoms with Crippen LogP contribution in [0.3, 0.4) is 0 Å². The third-order valence-corrected chi connectivity index (χ3v) is 4.25. The summed E-state index contributed by atoms with van der Waals surface area (Å²) >= 11 is 0. The molecule has 0 saturated carbocycles. The zero-order valence-electron chi connectivity index (χ0n) is 15.9. The molecule has 3 N–H and O–H groups in total. The molecule has 0 aliphatic heterocycles. The Morgan fingerprint density at radius 1 is 0.938 bits per heavy atom. The van der Waals surface area contributed by atoms with Gasteiger partial charge < -0.3 is 11.1 Å². The van der Waals surface area contributed by atoms with Gasteiger partial charge in [0.2, 0.25) is 5.91 Å². The van der Waals surface area contributed by atoms with E-state index < -0.39 is 53.7 Å². The van der Waals surface area contributed by atoms with Crippen LogP contribution in [0.2, 0.25) is 0 Å². The van der Waals surface area contributed by atoms with E-state index in [1.54, 1.807) is 0 Å². The van der Waals surface area contributed by atoms with Crippen molar-refractivity contribution in [2.75, 3.05) is 0 Å². The minimum Gasteiger partial charge on any atom is -0.337 e. The van der Waals surface area contributed by atoms with E-state index in [1.165, 1.54) is 11.4 Å². The number of benzene rings is 2. The van der Waals surface area contributed by atoms with E-state index in [4.69, 9.17) is 5.73 Å². The van der Waals surface area contributed by atoms with E-state index in [-0.39, 0.29) is 17.2 Å². The molecule has 0 aromatic heterocycles.